The van der Waals surface area contributed by atoms with Crippen molar-refractivity contribution >= 4 is 32.7 Å². The highest BCUT2D eigenvalue weighted by molar-refractivity contribution is 9.10. The van der Waals surface area contributed by atoms with E-state index in [0.29, 0.717) is 16.0 Å². The minimum Gasteiger partial charge on any atom is -0.480 e. The van der Waals surface area contributed by atoms with Crippen LogP contribution in [0.3, 0.4) is 0 Å². The average Bonchev–Trinajstić information content (AvgIpc) is 2.17. The summed E-state index contributed by atoms with van der Waals surface area (Å²) in [5.41, 5.74) is 0.351. The number of aromatic nitrogens is 1. The Bertz CT molecular complexity index is 343. The van der Waals surface area contributed by atoms with E-state index in [-0.39, 0.29) is 5.17 Å². The van der Waals surface area contributed by atoms with Crippen LogP contribution in [0.1, 0.15) is 5.69 Å². The summed E-state index contributed by atoms with van der Waals surface area (Å²) in [5, 5.41) is 11.1. The lowest BCUT2D eigenvalue weighted by molar-refractivity contribution is 0.320. The minimum atomic E-state index is -0.0780. The molecule has 0 aliphatic carbocycles. The van der Waals surface area contributed by atoms with Crippen LogP contribution >= 0.6 is 27.5 Å². The molecule has 0 saturated heterocycles. The van der Waals surface area contributed by atoms with Gasteiger partial charge in [-0.05, 0) is 28.1 Å². The van der Waals surface area contributed by atoms with E-state index in [9.17, 15) is 0 Å². The number of pyridine rings is 1. The van der Waals surface area contributed by atoms with Crippen LogP contribution in [0.2, 0.25) is 0 Å². The number of rotatable bonds is 2. The fourth-order valence-electron chi connectivity index (χ4n) is 0.733. The summed E-state index contributed by atoms with van der Waals surface area (Å²) in [4.78, 5) is 3.97. The lowest BCUT2D eigenvalue weighted by Gasteiger charge is -2.02. The van der Waals surface area contributed by atoms with Gasteiger partial charge in [0.2, 0.25) is 5.88 Å². The van der Waals surface area contributed by atoms with Gasteiger partial charge in [0.25, 0.3) is 0 Å². The van der Waals surface area contributed by atoms with Crippen LogP contribution in [0.4, 0.5) is 0 Å². The molecule has 13 heavy (non-hydrogen) atoms. The second kappa shape index (κ2) is 4.43. The Morgan fingerprint density at radius 1 is 1.69 bits per heavy atom. The highest BCUT2D eigenvalue weighted by Gasteiger charge is 2.07. The van der Waals surface area contributed by atoms with E-state index in [1.807, 2.05) is 0 Å². The van der Waals surface area contributed by atoms with E-state index < -0.39 is 0 Å². The maximum Gasteiger partial charge on any atom is 0.228 e. The highest BCUT2D eigenvalue weighted by atomic mass is 79.9. The van der Waals surface area contributed by atoms with Crippen LogP contribution in [0.15, 0.2) is 21.8 Å². The van der Waals surface area contributed by atoms with Crippen molar-refractivity contribution in [2.45, 2.75) is 0 Å². The summed E-state index contributed by atoms with van der Waals surface area (Å²) in [6.45, 7) is 0. The predicted molar refractivity (Wildman–Crippen MR) is 52.7 cm³/mol. The third kappa shape index (κ3) is 2.32. The maximum absolute atomic E-state index is 8.38. The zero-order valence-corrected chi connectivity index (χ0v) is 9.00. The van der Waals surface area contributed by atoms with Gasteiger partial charge in [0.1, 0.15) is 5.69 Å². The quantitative estimate of drug-likeness (QED) is 0.507. The third-order valence-corrected chi connectivity index (χ3v) is 2.18. The first-order valence-corrected chi connectivity index (χ1v) is 4.44. The van der Waals surface area contributed by atoms with Crippen LogP contribution in [-0.4, -0.2) is 22.5 Å². The predicted octanol–water partition coefficient (Wildman–Crippen LogP) is 2.23. The summed E-state index contributed by atoms with van der Waals surface area (Å²) >= 11 is 8.77. The molecule has 1 rings (SSSR count). The van der Waals surface area contributed by atoms with Crippen molar-refractivity contribution in [3.05, 3.63) is 22.3 Å². The maximum atomic E-state index is 8.38. The van der Waals surface area contributed by atoms with Crippen molar-refractivity contribution in [2.24, 2.45) is 5.16 Å². The molecule has 4 nitrogen and oxygen atoms in total. The third-order valence-electron chi connectivity index (χ3n) is 1.31. The first-order valence-electron chi connectivity index (χ1n) is 3.27. The van der Waals surface area contributed by atoms with Gasteiger partial charge in [0.15, 0.2) is 5.17 Å². The Kier molecular flexibility index (Phi) is 3.50. The molecule has 0 atom stereocenters. The molecule has 0 aliphatic heterocycles. The van der Waals surface area contributed by atoms with Gasteiger partial charge in [0.05, 0.1) is 11.6 Å². The molecule has 0 saturated carbocycles. The molecule has 0 radical (unpaired) electrons. The summed E-state index contributed by atoms with van der Waals surface area (Å²) in [6.07, 6.45) is 0. The monoisotopic (exact) mass is 264 g/mol. The number of oxime groups is 1. The Balaban J connectivity index is 3.13. The molecule has 0 spiro atoms. The van der Waals surface area contributed by atoms with Gasteiger partial charge in [0, 0.05) is 0 Å². The van der Waals surface area contributed by atoms with Crippen molar-refractivity contribution in [1.82, 2.24) is 4.98 Å². The molecule has 0 unspecified atom stereocenters. The fraction of sp³-hybridized carbons (Fsp3) is 0.143. The molecular formula is C7H6BrClN2O2. The van der Waals surface area contributed by atoms with Gasteiger partial charge in [-0.3, -0.25) is 0 Å². The molecule has 1 N–H and O–H groups in total. The summed E-state index contributed by atoms with van der Waals surface area (Å²) in [6, 6.07) is 3.31. The SMILES string of the molecule is COc1nc(C(Cl)=NO)ccc1Br. The first-order chi connectivity index (χ1) is 6.19. The minimum absolute atomic E-state index is 0.0780. The summed E-state index contributed by atoms with van der Waals surface area (Å²) < 4.78 is 5.64. The zero-order valence-electron chi connectivity index (χ0n) is 6.66. The number of nitrogens with zero attached hydrogens (tertiary/aromatic N) is 2. The van der Waals surface area contributed by atoms with Crippen LogP contribution in [0.5, 0.6) is 5.88 Å². The van der Waals surface area contributed by atoms with Gasteiger partial charge in [-0.25, -0.2) is 4.98 Å². The van der Waals surface area contributed by atoms with Crippen molar-refractivity contribution < 1.29 is 9.94 Å². The topological polar surface area (TPSA) is 54.7 Å². The highest BCUT2D eigenvalue weighted by Crippen LogP contribution is 2.22. The van der Waals surface area contributed by atoms with E-state index in [4.69, 9.17) is 21.5 Å². The largest absolute Gasteiger partial charge is 0.480 e. The van der Waals surface area contributed by atoms with Crippen molar-refractivity contribution in [2.75, 3.05) is 7.11 Å². The van der Waals surface area contributed by atoms with Crippen molar-refractivity contribution in [3.8, 4) is 5.88 Å². The van der Waals surface area contributed by atoms with Gasteiger partial charge in [-0.15, -0.1) is 0 Å². The number of methoxy groups -OCH3 is 1. The standard InChI is InChI=1S/C7H6BrClN2O2/c1-13-7-4(8)2-3-5(10-7)6(9)11-12/h2-3,12H,1H3. The van der Waals surface area contributed by atoms with E-state index in [2.05, 4.69) is 26.1 Å². The normalized spacial score (nSPS) is 11.5. The summed E-state index contributed by atoms with van der Waals surface area (Å²) in [5.74, 6) is 0.388. The Hall–Kier alpha value is -0.810. The molecule has 0 aromatic carbocycles. The molecule has 1 aromatic heterocycles. The average molecular weight is 265 g/mol. The molecule has 0 aliphatic rings. The van der Waals surface area contributed by atoms with Gasteiger partial charge >= 0.3 is 0 Å². The number of hydrogen-bond acceptors (Lipinski definition) is 4. The first kappa shape index (κ1) is 10.3. The lowest BCUT2D eigenvalue weighted by atomic mass is 10.4. The van der Waals surface area contributed by atoms with Crippen molar-refractivity contribution in [3.63, 3.8) is 0 Å². The number of hydrogen-bond donors (Lipinski definition) is 1. The molecule has 6 heteroatoms. The summed E-state index contributed by atoms with van der Waals surface area (Å²) in [7, 11) is 1.49. The van der Waals surface area contributed by atoms with Crippen LogP contribution in [0, 0.1) is 0 Å². The molecule has 1 heterocycles. The molecule has 1 aromatic rings. The Morgan fingerprint density at radius 3 is 2.92 bits per heavy atom. The Labute approximate surface area is 88.3 Å². The fourth-order valence-corrected chi connectivity index (χ4v) is 1.22. The van der Waals surface area contributed by atoms with Crippen LogP contribution < -0.4 is 4.74 Å². The number of ether oxygens (including phenoxy) is 1. The van der Waals surface area contributed by atoms with Gasteiger partial charge in [-0.1, -0.05) is 16.8 Å². The smallest absolute Gasteiger partial charge is 0.228 e. The zero-order chi connectivity index (χ0) is 9.84. The second-order valence-corrected chi connectivity index (χ2v) is 3.29. The van der Waals surface area contributed by atoms with Crippen LogP contribution in [0.25, 0.3) is 0 Å². The molecule has 0 fully saturated rings. The lowest BCUT2D eigenvalue weighted by Crippen LogP contribution is -1.98. The second-order valence-electron chi connectivity index (χ2n) is 2.08. The van der Waals surface area contributed by atoms with Gasteiger partial charge < -0.3 is 9.94 Å². The number of halogens is 2. The van der Waals surface area contributed by atoms with E-state index in [1.165, 1.54) is 7.11 Å². The molecular weight excluding hydrogens is 259 g/mol. The van der Waals surface area contributed by atoms with E-state index >= 15 is 0 Å². The van der Waals surface area contributed by atoms with E-state index in [1.54, 1.807) is 12.1 Å². The molecule has 0 amide bonds. The molecule has 0 bridgehead atoms. The van der Waals surface area contributed by atoms with Crippen LogP contribution in [-0.2, 0) is 0 Å². The Morgan fingerprint density at radius 2 is 2.38 bits per heavy atom. The molecule has 70 valence electrons. The van der Waals surface area contributed by atoms with E-state index in [0.717, 1.165) is 0 Å². The van der Waals surface area contributed by atoms with Gasteiger partial charge in [-0.2, -0.15) is 0 Å². The van der Waals surface area contributed by atoms with Crippen molar-refractivity contribution in [1.29, 1.82) is 0 Å².